The fourth-order valence-corrected chi connectivity index (χ4v) is 2.82. The maximum atomic E-state index is 13.7. The van der Waals surface area contributed by atoms with Gasteiger partial charge in [0.05, 0.1) is 11.8 Å². The van der Waals surface area contributed by atoms with Gasteiger partial charge < -0.3 is 19.5 Å². The van der Waals surface area contributed by atoms with E-state index in [0.717, 1.165) is 31.0 Å². The van der Waals surface area contributed by atoms with E-state index in [1.165, 1.54) is 13.0 Å². The van der Waals surface area contributed by atoms with Gasteiger partial charge in [0.25, 0.3) is 5.91 Å². The molecule has 29 heavy (non-hydrogen) atoms. The summed E-state index contributed by atoms with van der Waals surface area (Å²) in [6.45, 7) is 2.33. The van der Waals surface area contributed by atoms with E-state index in [2.05, 4.69) is 5.32 Å². The summed E-state index contributed by atoms with van der Waals surface area (Å²) in [6, 6.07) is 9.16. The van der Waals surface area contributed by atoms with Gasteiger partial charge in [0.2, 0.25) is 0 Å². The second-order valence-electron chi connectivity index (χ2n) is 6.60. The second kappa shape index (κ2) is 9.47. The first-order chi connectivity index (χ1) is 13.9. The van der Waals surface area contributed by atoms with Gasteiger partial charge in [-0.3, -0.25) is 4.79 Å². The number of rotatable bonds is 7. The summed E-state index contributed by atoms with van der Waals surface area (Å²) in [4.78, 5) is 24.7. The van der Waals surface area contributed by atoms with Crippen LogP contribution in [0.15, 0.2) is 42.5 Å². The fourth-order valence-electron chi connectivity index (χ4n) is 2.82. The van der Waals surface area contributed by atoms with Crippen LogP contribution in [0.25, 0.3) is 0 Å². The summed E-state index contributed by atoms with van der Waals surface area (Å²) in [6.07, 6.45) is 0.595. The molecule has 8 heteroatoms. The highest BCUT2D eigenvalue weighted by Crippen LogP contribution is 2.22. The molecule has 1 aliphatic heterocycles. The normalized spacial score (nSPS) is 16.9. The van der Waals surface area contributed by atoms with Crippen LogP contribution in [0.3, 0.4) is 0 Å². The number of anilines is 1. The topological polar surface area (TPSA) is 73.9 Å². The molecule has 0 aliphatic carbocycles. The van der Waals surface area contributed by atoms with Crippen molar-refractivity contribution in [1.29, 1.82) is 0 Å². The molecule has 1 amide bonds. The summed E-state index contributed by atoms with van der Waals surface area (Å²) < 4.78 is 43.3. The molecule has 1 N–H and O–H groups in total. The molecule has 0 radical (unpaired) electrons. The lowest BCUT2D eigenvalue weighted by molar-refractivity contribution is -0.123. The SMILES string of the molecule is C[C@@H](OC(=O)c1ccccc1OC[C@H]1CCCO1)C(=O)Nc1cc(F)ccc1F. The number of carbonyl (C=O) groups excluding carboxylic acids is 2. The predicted molar refractivity (Wildman–Crippen MR) is 101 cm³/mol. The molecule has 2 atom stereocenters. The number of hydrogen-bond acceptors (Lipinski definition) is 5. The van der Waals surface area contributed by atoms with E-state index in [1.807, 2.05) is 0 Å². The Balaban J connectivity index is 1.61. The summed E-state index contributed by atoms with van der Waals surface area (Å²) in [7, 11) is 0. The molecule has 0 bridgehead atoms. The van der Waals surface area contributed by atoms with E-state index in [9.17, 15) is 18.4 Å². The average molecular weight is 405 g/mol. The Labute approximate surface area is 166 Å². The Morgan fingerprint density at radius 1 is 1.24 bits per heavy atom. The van der Waals surface area contributed by atoms with Crippen LogP contribution in [0.2, 0.25) is 0 Å². The summed E-state index contributed by atoms with van der Waals surface area (Å²) in [5, 5.41) is 2.21. The third-order valence-corrected chi connectivity index (χ3v) is 4.40. The van der Waals surface area contributed by atoms with Gasteiger partial charge in [-0.1, -0.05) is 12.1 Å². The molecule has 1 aliphatic rings. The molecule has 0 saturated carbocycles. The van der Waals surface area contributed by atoms with Crippen LogP contribution in [0.5, 0.6) is 5.75 Å². The Bertz CT molecular complexity index is 883. The van der Waals surface area contributed by atoms with Crippen molar-refractivity contribution < 1.29 is 32.6 Å². The zero-order valence-corrected chi connectivity index (χ0v) is 15.8. The summed E-state index contributed by atoms with van der Waals surface area (Å²) >= 11 is 0. The highest BCUT2D eigenvalue weighted by molar-refractivity contribution is 5.98. The first-order valence-electron chi connectivity index (χ1n) is 9.24. The van der Waals surface area contributed by atoms with Gasteiger partial charge >= 0.3 is 5.97 Å². The number of benzene rings is 2. The molecule has 1 saturated heterocycles. The number of esters is 1. The van der Waals surface area contributed by atoms with E-state index >= 15 is 0 Å². The molecule has 154 valence electrons. The number of nitrogens with one attached hydrogen (secondary N) is 1. The third kappa shape index (κ3) is 5.51. The van der Waals surface area contributed by atoms with Gasteiger partial charge in [0, 0.05) is 12.7 Å². The van der Waals surface area contributed by atoms with Gasteiger partial charge in [0.1, 0.15) is 29.6 Å². The van der Waals surface area contributed by atoms with Crippen molar-refractivity contribution in [3.63, 3.8) is 0 Å². The molecule has 6 nitrogen and oxygen atoms in total. The molecule has 1 fully saturated rings. The molecule has 0 unspecified atom stereocenters. The zero-order chi connectivity index (χ0) is 20.8. The number of amides is 1. The Hall–Kier alpha value is -3.00. The Kier molecular flexibility index (Phi) is 6.77. The van der Waals surface area contributed by atoms with E-state index in [4.69, 9.17) is 14.2 Å². The first-order valence-corrected chi connectivity index (χ1v) is 9.24. The van der Waals surface area contributed by atoms with Gasteiger partial charge in [0.15, 0.2) is 6.10 Å². The number of halogens is 2. The van der Waals surface area contributed by atoms with Crippen molar-refractivity contribution in [2.75, 3.05) is 18.5 Å². The van der Waals surface area contributed by atoms with Crippen molar-refractivity contribution in [3.05, 3.63) is 59.7 Å². The predicted octanol–water partition coefficient (Wildman–Crippen LogP) is 3.71. The fraction of sp³-hybridized carbons (Fsp3) is 0.333. The first kappa shape index (κ1) is 20.7. The Morgan fingerprint density at radius 2 is 2.03 bits per heavy atom. The molecule has 2 aromatic rings. The van der Waals surface area contributed by atoms with Crippen LogP contribution >= 0.6 is 0 Å². The molecule has 0 spiro atoms. The zero-order valence-electron chi connectivity index (χ0n) is 15.8. The average Bonchev–Trinajstić information content (AvgIpc) is 3.23. The Morgan fingerprint density at radius 3 is 2.79 bits per heavy atom. The quantitative estimate of drug-likeness (QED) is 0.711. The molecular formula is C21H21F2NO5. The monoisotopic (exact) mass is 405 g/mol. The van der Waals surface area contributed by atoms with Crippen LogP contribution in [-0.2, 0) is 14.3 Å². The molecule has 3 rings (SSSR count). The number of ether oxygens (including phenoxy) is 3. The van der Waals surface area contributed by atoms with Crippen molar-refractivity contribution >= 4 is 17.6 Å². The van der Waals surface area contributed by atoms with E-state index in [-0.39, 0.29) is 17.4 Å². The van der Waals surface area contributed by atoms with Crippen LogP contribution in [0.1, 0.15) is 30.1 Å². The molecule has 2 aromatic carbocycles. The summed E-state index contributed by atoms with van der Waals surface area (Å²) in [5.41, 5.74) is -0.180. The second-order valence-corrected chi connectivity index (χ2v) is 6.60. The standard InChI is InChI=1S/C21H21F2NO5/c1-13(20(25)24-18-11-14(22)8-9-17(18)23)29-21(26)16-6-2-3-7-19(16)28-12-15-5-4-10-27-15/h2-3,6-9,11,13,15H,4-5,10,12H2,1H3,(H,24,25)/t13-,15-/m1/s1. The minimum absolute atomic E-state index is 0.0232. The molecular weight excluding hydrogens is 384 g/mol. The minimum atomic E-state index is -1.24. The van der Waals surface area contributed by atoms with Crippen LogP contribution in [-0.4, -0.2) is 37.3 Å². The third-order valence-electron chi connectivity index (χ3n) is 4.40. The van der Waals surface area contributed by atoms with Gasteiger partial charge in [-0.05, 0) is 44.0 Å². The molecule has 0 aromatic heterocycles. The molecule has 1 heterocycles. The minimum Gasteiger partial charge on any atom is -0.490 e. The van der Waals surface area contributed by atoms with E-state index < -0.39 is 29.6 Å². The van der Waals surface area contributed by atoms with Crippen molar-refractivity contribution in [2.24, 2.45) is 0 Å². The van der Waals surface area contributed by atoms with Crippen LogP contribution in [0, 0.1) is 11.6 Å². The van der Waals surface area contributed by atoms with Crippen molar-refractivity contribution in [2.45, 2.75) is 32.0 Å². The maximum absolute atomic E-state index is 13.7. The number of hydrogen-bond donors (Lipinski definition) is 1. The lowest BCUT2D eigenvalue weighted by Gasteiger charge is -2.16. The van der Waals surface area contributed by atoms with Crippen molar-refractivity contribution in [3.8, 4) is 5.75 Å². The van der Waals surface area contributed by atoms with Gasteiger partial charge in [-0.2, -0.15) is 0 Å². The van der Waals surface area contributed by atoms with Crippen LogP contribution in [0.4, 0.5) is 14.5 Å². The number of para-hydroxylation sites is 1. The van der Waals surface area contributed by atoms with Gasteiger partial charge in [-0.15, -0.1) is 0 Å². The smallest absolute Gasteiger partial charge is 0.342 e. The highest BCUT2D eigenvalue weighted by Gasteiger charge is 2.23. The van der Waals surface area contributed by atoms with Gasteiger partial charge in [-0.25, -0.2) is 13.6 Å². The largest absolute Gasteiger partial charge is 0.490 e. The maximum Gasteiger partial charge on any atom is 0.342 e. The number of carbonyl (C=O) groups is 2. The lowest BCUT2D eigenvalue weighted by atomic mass is 10.2. The van der Waals surface area contributed by atoms with E-state index in [1.54, 1.807) is 18.2 Å². The highest BCUT2D eigenvalue weighted by atomic mass is 19.1. The van der Waals surface area contributed by atoms with Crippen molar-refractivity contribution in [1.82, 2.24) is 0 Å². The van der Waals surface area contributed by atoms with Crippen LogP contribution < -0.4 is 10.1 Å². The lowest BCUT2D eigenvalue weighted by Crippen LogP contribution is -2.30. The summed E-state index contributed by atoms with van der Waals surface area (Å²) in [5.74, 6) is -2.75. The van der Waals surface area contributed by atoms with E-state index in [0.29, 0.717) is 19.0 Å².